The molecule has 0 unspecified atom stereocenters. The maximum Gasteiger partial charge on any atom is 0.394 e. The Morgan fingerprint density at radius 1 is 1.27 bits per heavy atom. The molecule has 0 saturated heterocycles. The highest BCUT2D eigenvalue weighted by molar-refractivity contribution is 7.79. The number of carbonyl (C=O) groups excluding carboxylic acids is 1. The molecule has 15 heavy (non-hydrogen) atoms. The predicted octanol–water partition coefficient (Wildman–Crippen LogP) is 0.950. The molecule has 0 aliphatic carbocycles. The normalized spacial score (nSPS) is 9.40. The van der Waals surface area contributed by atoms with E-state index in [2.05, 4.69) is 11.9 Å². The molecule has 0 fully saturated rings. The predicted molar refractivity (Wildman–Crippen MR) is 56.6 cm³/mol. The van der Waals surface area contributed by atoms with Crippen molar-refractivity contribution in [1.29, 1.82) is 0 Å². The first-order valence-electron chi connectivity index (χ1n) is 3.85. The topological polar surface area (TPSA) is 104 Å². The van der Waals surface area contributed by atoms with Gasteiger partial charge < -0.3 is 5.32 Å². The van der Waals surface area contributed by atoms with Gasteiger partial charge in [0.1, 0.15) is 0 Å². The zero-order valence-electron chi connectivity index (χ0n) is 8.81. The SMILES string of the molecule is C=CC(=O)NC(C)=C(C)C.O=S(=O)(O)O. The molecule has 0 atom stereocenters. The van der Waals surface area contributed by atoms with E-state index in [-0.39, 0.29) is 5.91 Å². The average molecular weight is 237 g/mol. The van der Waals surface area contributed by atoms with Gasteiger partial charge in [-0.15, -0.1) is 0 Å². The van der Waals surface area contributed by atoms with Gasteiger partial charge in [0.2, 0.25) is 5.91 Å². The van der Waals surface area contributed by atoms with Gasteiger partial charge in [-0.2, -0.15) is 8.42 Å². The van der Waals surface area contributed by atoms with E-state index in [1.54, 1.807) is 0 Å². The molecule has 0 aliphatic heterocycles. The molecule has 0 radical (unpaired) electrons. The zero-order valence-corrected chi connectivity index (χ0v) is 9.63. The smallest absolute Gasteiger partial charge is 0.327 e. The first-order chi connectivity index (χ1) is 6.57. The quantitative estimate of drug-likeness (QED) is 0.490. The highest BCUT2D eigenvalue weighted by atomic mass is 32.3. The van der Waals surface area contributed by atoms with Crippen LogP contribution in [0.2, 0.25) is 0 Å². The van der Waals surface area contributed by atoms with E-state index >= 15 is 0 Å². The Bertz CT molecular complexity index is 343. The van der Waals surface area contributed by atoms with Gasteiger partial charge in [-0.05, 0) is 26.8 Å². The summed E-state index contributed by atoms with van der Waals surface area (Å²) in [6.45, 7) is 9.08. The lowest BCUT2D eigenvalue weighted by molar-refractivity contribution is -0.115. The molecule has 6 nitrogen and oxygen atoms in total. The van der Waals surface area contributed by atoms with Gasteiger partial charge in [-0.3, -0.25) is 13.9 Å². The van der Waals surface area contributed by atoms with Crippen molar-refractivity contribution < 1.29 is 22.3 Å². The molecule has 0 heterocycles. The van der Waals surface area contributed by atoms with E-state index in [0.29, 0.717) is 0 Å². The molecule has 0 saturated carbocycles. The van der Waals surface area contributed by atoms with Gasteiger partial charge in [0.25, 0.3) is 0 Å². The van der Waals surface area contributed by atoms with Gasteiger partial charge in [0, 0.05) is 5.70 Å². The molecular weight excluding hydrogens is 222 g/mol. The van der Waals surface area contributed by atoms with Crippen molar-refractivity contribution in [2.24, 2.45) is 0 Å². The third-order valence-electron chi connectivity index (χ3n) is 1.25. The van der Waals surface area contributed by atoms with Crippen molar-refractivity contribution in [3.8, 4) is 0 Å². The van der Waals surface area contributed by atoms with E-state index in [0.717, 1.165) is 11.3 Å². The summed E-state index contributed by atoms with van der Waals surface area (Å²) < 4.78 is 31.6. The lowest BCUT2D eigenvalue weighted by Crippen LogP contribution is -2.18. The largest absolute Gasteiger partial charge is 0.394 e. The number of hydrogen-bond acceptors (Lipinski definition) is 3. The fourth-order valence-electron chi connectivity index (χ4n) is 0.361. The Morgan fingerprint density at radius 3 is 1.80 bits per heavy atom. The first-order valence-corrected chi connectivity index (χ1v) is 5.25. The third-order valence-corrected chi connectivity index (χ3v) is 1.25. The van der Waals surface area contributed by atoms with Crippen LogP contribution in [0.4, 0.5) is 0 Å². The Labute approximate surface area is 89.3 Å². The Morgan fingerprint density at radius 2 is 1.60 bits per heavy atom. The molecule has 0 aromatic rings. The molecule has 7 heteroatoms. The summed E-state index contributed by atoms with van der Waals surface area (Å²) in [5.41, 5.74) is 2.00. The minimum Gasteiger partial charge on any atom is -0.327 e. The van der Waals surface area contributed by atoms with Crippen LogP contribution in [0.3, 0.4) is 0 Å². The monoisotopic (exact) mass is 237 g/mol. The van der Waals surface area contributed by atoms with Crippen LogP contribution in [0.25, 0.3) is 0 Å². The minimum atomic E-state index is -4.67. The molecule has 0 aliphatic rings. The second-order valence-corrected chi connectivity index (χ2v) is 3.66. The summed E-state index contributed by atoms with van der Waals surface area (Å²) in [4.78, 5) is 10.7. The molecule has 1 amide bonds. The second kappa shape index (κ2) is 7.16. The van der Waals surface area contributed by atoms with Gasteiger partial charge in [0.05, 0.1) is 0 Å². The van der Waals surface area contributed by atoms with Crippen molar-refractivity contribution >= 4 is 16.3 Å². The Kier molecular flexibility index (Phi) is 7.76. The zero-order chi connectivity index (χ0) is 12.6. The minimum absolute atomic E-state index is 0.154. The molecule has 0 bridgehead atoms. The summed E-state index contributed by atoms with van der Waals surface area (Å²) in [6, 6.07) is 0. The summed E-state index contributed by atoms with van der Waals surface area (Å²) >= 11 is 0. The number of allylic oxidation sites excluding steroid dienone is 2. The lowest BCUT2D eigenvalue weighted by Gasteiger charge is -2.02. The van der Waals surface area contributed by atoms with Gasteiger partial charge in [0.15, 0.2) is 0 Å². The van der Waals surface area contributed by atoms with Gasteiger partial charge in [-0.25, -0.2) is 0 Å². The molecule has 88 valence electrons. The summed E-state index contributed by atoms with van der Waals surface area (Å²) in [5.74, 6) is -0.154. The lowest BCUT2D eigenvalue weighted by atomic mass is 10.3. The van der Waals surface area contributed by atoms with Crippen LogP contribution in [0, 0.1) is 0 Å². The Balaban J connectivity index is 0. The highest BCUT2D eigenvalue weighted by Gasteiger charge is 1.94. The van der Waals surface area contributed by atoms with Gasteiger partial charge >= 0.3 is 10.4 Å². The fraction of sp³-hybridized carbons (Fsp3) is 0.375. The highest BCUT2D eigenvalue weighted by Crippen LogP contribution is 1.96. The summed E-state index contributed by atoms with van der Waals surface area (Å²) in [7, 11) is -4.67. The van der Waals surface area contributed by atoms with E-state index in [9.17, 15) is 4.79 Å². The van der Waals surface area contributed by atoms with E-state index in [1.165, 1.54) is 6.08 Å². The second-order valence-electron chi connectivity index (χ2n) is 2.77. The molecular formula is C8H15NO5S. The Hall–Kier alpha value is -1.18. The van der Waals surface area contributed by atoms with Crippen LogP contribution in [0.15, 0.2) is 23.9 Å². The number of amides is 1. The average Bonchev–Trinajstić information content (AvgIpc) is 2.00. The van der Waals surface area contributed by atoms with E-state index < -0.39 is 10.4 Å². The number of rotatable bonds is 2. The van der Waals surface area contributed by atoms with Crippen molar-refractivity contribution in [3.63, 3.8) is 0 Å². The first kappa shape index (κ1) is 16.3. The van der Waals surface area contributed by atoms with Crippen LogP contribution < -0.4 is 5.32 Å². The summed E-state index contributed by atoms with van der Waals surface area (Å²) in [6.07, 6.45) is 1.26. The maximum atomic E-state index is 10.7. The van der Waals surface area contributed by atoms with Crippen LogP contribution in [0.5, 0.6) is 0 Å². The molecule has 0 rings (SSSR count). The van der Waals surface area contributed by atoms with Gasteiger partial charge in [-0.1, -0.05) is 12.2 Å². The third kappa shape index (κ3) is 19.3. The van der Waals surface area contributed by atoms with E-state index in [1.807, 2.05) is 20.8 Å². The number of hydrogen-bond donors (Lipinski definition) is 3. The number of carbonyl (C=O) groups is 1. The van der Waals surface area contributed by atoms with Crippen LogP contribution in [-0.2, 0) is 15.2 Å². The van der Waals surface area contributed by atoms with Crippen molar-refractivity contribution in [1.82, 2.24) is 5.32 Å². The molecule has 3 N–H and O–H groups in total. The molecule has 0 aromatic carbocycles. The summed E-state index contributed by atoms with van der Waals surface area (Å²) in [5, 5.41) is 2.65. The van der Waals surface area contributed by atoms with Crippen LogP contribution in [0.1, 0.15) is 20.8 Å². The van der Waals surface area contributed by atoms with Crippen molar-refractivity contribution in [3.05, 3.63) is 23.9 Å². The molecule has 0 aromatic heterocycles. The van der Waals surface area contributed by atoms with Crippen molar-refractivity contribution in [2.75, 3.05) is 0 Å². The van der Waals surface area contributed by atoms with Crippen LogP contribution >= 0.6 is 0 Å². The fourth-order valence-corrected chi connectivity index (χ4v) is 0.361. The van der Waals surface area contributed by atoms with Crippen molar-refractivity contribution in [2.45, 2.75) is 20.8 Å². The molecule has 0 spiro atoms. The number of nitrogens with one attached hydrogen (secondary N) is 1. The standard InChI is InChI=1S/C8H13NO.H2O4S/c1-5-8(10)9-7(4)6(2)3;1-5(2,3)4/h5H,1H2,2-4H3,(H,9,10);(H2,1,2,3,4). The maximum absolute atomic E-state index is 10.7. The van der Waals surface area contributed by atoms with Crippen LogP contribution in [-0.4, -0.2) is 23.4 Å². The van der Waals surface area contributed by atoms with E-state index in [4.69, 9.17) is 17.5 Å².